The third-order valence-electron chi connectivity index (χ3n) is 3.48. The van der Waals surface area contributed by atoms with Gasteiger partial charge in [-0.1, -0.05) is 11.6 Å². The van der Waals surface area contributed by atoms with E-state index in [0.717, 1.165) is 46.8 Å². The lowest BCUT2D eigenvalue weighted by molar-refractivity contribution is 0.496. The van der Waals surface area contributed by atoms with Crippen molar-refractivity contribution in [3.8, 4) is 11.4 Å². The molecule has 1 saturated heterocycles. The van der Waals surface area contributed by atoms with Crippen molar-refractivity contribution in [2.75, 3.05) is 18.0 Å². The van der Waals surface area contributed by atoms with Crippen molar-refractivity contribution >= 4 is 40.1 Å². The Bertz CT molecular complexity index is 607. The summed E-state index contributed by atoms with van der Waals surface area (Å²) in [4.78, 5) is 6.75. The van der Waals surface area contributed by atoms with Crippen LogP contribution in [0, 0.1) is 3.57 Å². The van der Waals surface area contributed by atoms with Crippen LogP contribution < -0.4 is 10.6 Å². The number of hydrogen-bond donors (Lipinski definition) is 2. The van der Waals surface area contributed by atoms with Gasteiger partial charge >= 0.3 is 0 Å². The molecule has 0 spiro atoms. The zero-order valence-electron chi connectivity index (χ0n) is 10.8. The highest BCUT2D eigenvalue weighted by atomic mass is 127. The topological polar surface area (TPSA) is 70.8 Å². The van der Waals surface area contributed by atoms with Crippen LogP contribution in [0.3, 0.4) is 0 Å². The molecule has 0 amide bonds. The van der Waals surface area contributed by atoms with Crippen LogP contribution in [0.25, 0.3) is 11.4 Å². The number of aromatic amines is 1. The molecule has 0 atom stereocenters. The molecule has 3 N–H and O–H groups in total. The van der Waals surface area contributed by atoms with Crippen molar-refractivity contribution in [3.63, 3.8) is 0 Å². The summed E-state index contributed by atoms with van der Waals surface area (Å²) in [6.45, 7) is 1.82. The van der Waals surface area contributed by atoms with Gasteiger partial charge in [0, 0.05) is 33.3 Å². The predicted octanol–water partition coefficient (Wildman–Crippen LogP) is 2.66. The molecule has 0 radical (unpaired) electrons. The summed E-state index contributed by atoms with van der Waals surface area (Å²) < 4.78 is 1.09. The molecule has 3 rings (SSSR count). The Hall–Kier alpha value is -0.860. The molecule has 0 unspecified atom stereocenters. The van der Waals surface area contributed by atoms with E-state index in [-0.39, 0.29) is 0 Å². The maximum Gasteiger partial charge on any atom is 0.245 e. The molecular formula is C13H15ClIN5. The number of piperidine rings is 1. The molecule has 5 nitrogen and oxygen atoms in total. The minimum absolute atomic E-state index is 0.304. The molecule has 20 heavy (non-hydrogen) atoms. The van der Waals surface area contributed by atoms with Crippen LogP contribution in [0.5, 0.6) is 0 Å². The standard InChI is InChI=1S/C13H15ClIN5/c14-8-1-2-11(15)10(7-8)12-17-13(19-18-12)20-5-3-9(16)4-6-20/h1-2,7,9H,3-6,16H2,(H,17,18,19). The number of aromatic nitrogens is 3. The SMILES string of the molecule is NC1CCN(c2n[nH]c(-c3cc(Cl)ccc3I)n2)CC1. The van der Waals surface area contributed by atoms with Crippen LogP contribution >= 0.6 is 34.2 Å². The van der Waals surface area contributed by atoms with E-state index >= 15 is 0 Å². The van der Waals surface area contributed by atoms with E-state index in [1.54, 1.807) is 0 Å². The molecule has 1 aromatic carbocycles. The van der Waals surface area contributed by atoms with Gasteiger partial charge in [-0.3, -0.25) is 5.10 Å². The number of nitrogens with two attached hydrogens (primary N) is 1. The molecule has 7 heteroatoms. The van der Waals surface area contributed by atoms with Gasteiger partial charge in [-0.25, -0.2) is 0 Å². The Balaban J connectivity index is 1.85. The molecule has 1 aromatic heterocycles. The number of anilines is 1. The van der Waals surface area contributed by atoms with E-state index < -0.39 is 0 Å². The lowest BCUT2D eigenvalue weighted by atomic mass is 10.1. The normalized spacial score (nSPS) is 16.6. The van der Waals surface area contributed by atoms with Crippen LogP contribution in [-0.4, -0.2) is 34.3 Å². The Morgan fingerprint density at radius 2 is 2.10 bits per heavy atom. The van der Waals surface area contributed by atoms with Gasteiger partial charge in [0.25, 0.3) is 0 Å². The van der Waals surface area contributed by atoms with Gasteiger partial charge in [0.1, 0.15) is 0 Å². The monoisotopic (exact) mass is 403 g/mol. The van der Waals surface area contributed by atoms with Crippen molar-refractivity contribution < 1.29 is 0 Å². The Morgan fingerprint density at radius 3 is 2.85 bits per heavy atom. The van der Waals surface area contributed by atoms with Crippen LogP contribution in [-0.2, 0) is 0 Å². The number of hydrogen-bond acceptors (Lipinski definition) is 4. The second-order valence-corrected chi connectivity index (χ2v) is 6.53. The summed E-state index contributed by atoms with van der Waals surface area (Å²) in [5.74, 6) is 1.49. The van der Waals surface area contributed by atoms with Crippen molar-refractivity contribution in [3.05, 3.63) is 26.8 Å². The minimum atomic E-state index is 0.304. The maximum absolute atomic E-state index is 6.05. The second kappa shape index (κ2) is 5.87. The Morgan fingerprint density at radius 1 is 1.35 bits per heavy atom. The number of benzene rings is 1. The van der Waals surface area contributed by atoms with Crippen LogP contribution in [0.4, 0.5) is 5.95 Å². The smallest absolute Gasteiger partial charge is 0.245 e. The van der Waals surface area contributed by atoms with E-state index in [0.29, 0.717) is 11.1 Å². The van der Waals surface area contributed by atoms with Crippen molar-refractivity contribution in [1.82, 2.24) is 15.2 Å². The molecule has 1 aliphatic rings. The fourth-order valence-electron chi connectivity index (χ4n) is 2.29. The quantitative estimate of drug-likeness (QED) is 0.756. The van der Waals surface area contributed by atoms with E-state index in [2.05, 4.69) is 42.7 Å². The van der Waals surface area contributed by atoms with Crippen LogP contribution in [0.15, 0.2) is 18.2 Å². The molecule has 2 heterocycles. The van der Waals surface area contributed by atoms with Gasteiger partial charge in [-0.2, -0.15) is 4.98 Å². The van der Waals surface area contributed by atoms with E-state index in [4.69, 9.17) is 17.3 Å². The number of nitrogens with zero attached hydrogens (tertiary/aromatic N) is 3. The molecule has 0 aliphatic carbocycles. The molecule has 0 saturated carbocycles. The Kier molecular flexibility index (Phi) is 4.13. The second-order valence-electron chi connectivity index (χ2n) is 4.93. The predicted molar refractivity (Wildman–Crippen MR) is 89.0 cm³/mol. The third-order valence-corrected chi connectivity index (χ3v) is 4.66. The summed E-state index contributed by atoms with van der Waals surface area (Å²) in [6, 6.07) is 6.05. The highest BCUT2D eigenvalue weighted by Gasteiger charge is 2.20. The minimum Gasteiger partial charge on any atom is -0.339 e. The largest absolute Gasteiger partial charge is 0.339 e. The van der Waals surface area contributed by atoms with Crippen molar-refractivity contribution in [1.29, 1.82) is 0 Å². The average Bonchev–Trinajstić information content (AvgIpc) is 2.92. The van der Waals surface area contributed by atoms with E-state index in [9.17, 15) is 0 Å². The first-order chi connectivity index (χ1) is 9.63. The summed E-state index contributed by atoms with van der Waals surface area (Å²) in [5, 5.41) is 8.01. The zero-order chi connectivity index (χ0) is 14.1. The van der Waals surface area contributed by atoms with Crippen molar-refractivity contribution in [2.45, 2.75) is 18.9 Å². The first-order valence-corrected chi connectivity index (χ1v) is 7.97. The zero-order valence-corrected chi connectivity index (χ0v) is 13.7. The lowest BCUT2D eigenvalue weighted by Gasteiger charge is -2.28. The first-order valence-electron chi connectivity index (χ1n) is 6.52. The lowest BCUT2D eigenvalue weighted by Crippen LogP contribution is -2.40. The van der Waals surface area contributed by atoms with E-state index in [1.165, 1.54) is 0 Å². The third kappa shape index (κ3) is 2.91. The number of nitrogens with one attached hydrogen (secondary N) is 1. The summed E-state index contributed by atoms with van der Waals surface area (Å²) in [7, 11) is 0. The highest BCUT2D eigenvalue weighted by Crippen LogP contribution is 2.27. The van der Waals surface area contributed by atoms with Crippen LogP contribution in [0.2, 0.25) is 5.02 Å². The first kappa shape index (κ1) is 14.1. The molecular weight excluding hydrogens is 389 g/mol. The van der Waals surface area contributed by atoms with Gasteiger partial charge in [0.15, 0.2) is 5.82 Å². The summed E-state index contributed by atoms with van der Waals surface area (Å²) in [5.41, 5.74) is 6.89. The number of H-pyrrole nitrogens is 1. The average molecular weight is 404 g/mol. The summed E-state index contributed by atoms with van der Waals surface area (Å²) in [6.07, 6.45) is 1.97. The fraction of sp³-hybridized carbons (Fsp3) is 0.385. The summed E-state index contributed by atoms with van der Waals surface area (Å²) >= 11 is 8.32. The molecule has 1 aliphatic heterocycles. The number of halogens is 2. The molecule has 2 aromatic rings. The van der Waals surface area contributed by atoms with E-state index in [1.807, 2.05) is 18.2 Å². The molecule has 1 fully saturated rings. The highest BCUT2D eigenvalue weighted by molar-refractivity contribution is 14.1. The number of rotatable bonds is 2. The molecule has 106 valence electrons. The van der Waals surface area contributed by atoms with Crippen molar-refractivity contribution in [2.24, 2.45) is 5.73 Å². The molecule has 0 bridgehead atoms. The van der Waals surface area contributed by atoms with Gasteiger partial charge in [0.2, 0.25) is 5.95 Å². The van der Waals surface area contributed by atoms with Gasteiger partial charge in [0.05, 0.1) is 0 Å². The Labute approximate surface area is 136 Å². The van der Waals surface area contributed by atoms with Crippen LogP contribution in [0.1, 0.15) is 12.8 Å². The fourth-order valence-corrected chi connectivity index (χ4v) is 3.06. The van der Waals surface area contributed by atoms with Gasteiger partial charge in [-0.15, -0.1) is 5.10 Å². The maximum atomic E-state index is 6.05. The van der Waals surface area contributed by atoms with Gasteiger partial charge < -0.3 is 10.6 Å². The van der Waals surface area contributed by atoms with Gasteiger partial charge in [-0.05, 0) is 53.6 Å².